The lowest BCUT2D eigenvalue weighted by molar-refractivity contribution is 0.0491. The number of fused-ring (bicyclic) bond motifs is 1. The van der Waals surface area contributed by atoms with Crippen LogP contribution in [0.4, 0.5) is 14.9 Å². The number of nitrogens with zero attached hydrogens (tertiary/aromatic N) is 2. The van der Waals surface area contributed by atoms with Crippen LogP contribution in [-0.2, 0) is 9.47 Å². The molecule has 2 aromatic rings. The largest absolute Gasteiger partial charge is 0.462 e. The smallest absolute Gasteiger partial charge is 0.407 e. The average molecular weight is 502 g/mol. The Kier molecular flexibility index (Phi) is 7.03. The Morgan fingerprint density at radius 1 is 1.25 bits per heavy atom. The summed E-state index contributed by atoms with van der Waals surface area (Å²) in [7, 11) is 0. The summed E-state index contributed by atoms with van der Waals surface area (Å²) in [5.41, 5.74) is 1.47. The van der Waals surface area contributed by atoms with Gasteiger partial charge in [0.05, 0.1) is 24.0 Å². The standard InChI is InChI=1S/C27H36FN3O5/c1-7-35-25(33)20-12-19(17-8-9-17)22-15(2)23(21(28)14-31(22)24(20)32)30-11-10-18(13-30)16(3)29-26(34)36-27(4,5)6/h12,14,16-18H,7-11,13H2,1-6H3,(H,29,34)/t16-,18-/m1/s1. The first-order valence-electron chi connectivity index (χ1n) is 12.7. The van der Waals surface area contributed by atoms with Crippen LogP contribution in [0.1, 0.15) is 81.3 Å². The number of alkyl carbamates (subject to hydrolysis) is 1. The number of carbonyl (C=O) groups excluding carboxylic acids is 2. The van der Waals surface area contributed by atoms with Crippen LogP contribution in [0.3, 0.4) is 0 Å². The Morgan fingerprint density at radius 2 is 1.94 bits per heavy atom. The van der Waals surface area contributed by atoms with Gasteiger partial charge in [0, 0.05) is 19.1 Å². The fraction of sp³-hybridized carbons (Fsp3) is 0.593. The zero-order valence-corrected chi connectivity index (χ0v) is 21.9. The van der Waals surface area contributed by atoms with Gasteiger partial charge in [-0.1, -0.05) is 0 Å². The van der Waals surface area contributed by atoms with E-state index in [4.69, 9.17) is 9.47 Å². The number of amides is 1. The Bertz CT molecular complexity index is 1240. The molecule has 1 saturated carbocycles. The lowest BCUT2D eigenvalue weighted by atomic mass is 10.0. The molecule has 36 heavy (non-hydrogen) atoms. The maximum Gasteiger partial charge on any atom is 0.407 e. The lowest BCUT2D eigenvalue weighted by Crippen LogP contribution is -2.42. The van der Waals surface area contributed by atoms with Gasteiger partial charge >= 0.3 is 12.1 Å². The first-order chi connectivity index (χ1) is 16.9. The van der Waals surface area contributed by atoms with Crippen molar-refractivity contribution in [3.63, 3.8) is 0 Å². The van der Waals surface area contributed by atoms with Crippen molar-refractivity contribution in [3.05, 3.63) is 45.1 Å². The number of aromatic nitrogens is 1. The van der Waals surface area contributed by atoms with E-state index in [9.17, 15) is 14.4 Å². The van der Waals surface area contributed by atoms with E-state index in [0.717, 1.165) is 24.8 Å². The van der Waals surface area contributed by atoms with Gasteiger partial charge in [-0.3, -0.25) is 9.20 Å². The highest BCUT2D eigenvalue weighted by atomic mass is 19.1. The molecule has 0 aromatic carbocycles. The van der Waals surface area contributed by atoms with Crippen LogP contribution in [0.25, 0.3) is 5.52 Å². The normalized spacial score (nSPS) is 18.9. The molecule has 2 aliphatic rings. The zero-order valence-electron chi connectivity index (χ0n) is 21.9. The predicted octanol–water partition coefficient (Wildman–Crippen LogP) is 4.54. The van der Waals surface area contributed by atoms with Crippen LogP contribution in [0.5, 0.6) is 0 Å². The summed E-state index contributed by atoms with van der Waals surface area (Å²) in [5, 5.41) is 2.91. The molecule has 8 nitrogen and oxygen atoms in total. The molecule has 1 aliphatic carbocycles. The Balaban J connectivity index is 1.65. The second-order valence-corrected chi connectivity index (χ2v) is 10.9. The minimum Gasteiger partial charge on any atom is -0.462 e. The molecule has 0 spiro atoms. The van der Waals surface area contributed by atoms with Crippen molar-refractivity contribution >= 4 is 23.3 Å². The number of nitrogens with one attached hydrogen (secondary N) is 1. The van der Waals surface area contributed by atoms with E-state index in [-0.39, 0.29) is 30.0 Å². The molecule has 0 bridgehead atoms. The van der Waals surface area contributed by atoms with Crippen molar-refractivity contribution in [2.24, 2.45) is 5.92 Å². The number of hydrogen-bond acceptors (Lipinski definition) is 6. The van der Waals surface area contributed by atoms with Crippen LogP contribution in [-0.4, -0.2) is 47.8 Å². The minimum atomic E-state index is -0.685. The first-order valence-corrected chi connectivity index (χ1v) is 12.7. The molecule has 196 valence electrons. The molecule has 9 heteroatoms. The average Bonchev–Trinajstić information content (AvgIpc) is 3.50. The molecule has 1 N–H and O–H groups in total. The van der Waals surface area contributed by atoms with Crippen molar-refractivity contribution in [3.8, 4) is 0 Å². The van der Waals surface area contributed by atoms with Crippen LogP contribution < -0.4 is 15.8 Å². The maximum absolute atomic E-state index is 15.6. The highest BCUT2D eigenvalue weighted by molar-refractivity contribution is 5.90. The van der Waals surface area contributed by atoms with Crippen molar-refractivity contribution < 1.29 is 23.5 Å². The molecule has 2 aromatic heterocycles. The summed E-state index contributed by atoms with van der Waals surface area (Å²) in [6, 6.07) is 1.49. The lowest BCUT2D eigenvalue weighted by Gasteiger charge is -2.26. The number of aryl methyl sites for hydroxylation is 1. The number of esters is 1. The van der Waals surface area contributed by atoms with E-state index < -0.39 is 29.0 Å². The third kappa shape index (κ3) is 5.20. The number of pyridine rings is 2. The second kappa shape index (κ2) is 9.75. The molecule has 0 unspecified atom stereocenters. The number of anilines is 1. The molecule has 4 rings (SSSR count). The quantitative estimate of drug-likeness (QED) is 0.585. The summed E-state index contributed by atoms with van der Waals surface area (Å²) in [6.45, 7) is 12.2. The number of hydrogen-bond donors (Lipinski definition) is 1. The van der Waals surface area contributed by atoms with Gasteiger partial charge in [-0.25, -0.2) is 14.0 Å². The minimum absolute atomic E-state index is 0.0638. The van der Waals surface area contributed by atoms with Crippen LogP contribution >= 0.6 is 0 Å². The van der Waals surface area contributed by atoms with Gasteiger partial charge in [-0.15, -0.1) is 0 Å². The van der Waals surface area contributed by atoms with E-state index in [0.29, 0.717) is 29.9 Å². The Hall–Kier alpha value is -3.10. The van der Waals surface area contributed by atoms with E-state index in [2.05, 4.69) is 5.32 Å². The molecular formula is C27H36FN3O5. The van der Waals surface area contributed by atoms with Gasteiger partial charge in [-0.05, 0) is 89.8 Å². The first kappa shape index (κ1) is 26.0. The summed E-state index contributed by atoms with van der Waals surface area (Å²) < 4.78 is 27.3. The van der Waals surface area contributed by atoms with Crippen LogP contribution in [0, 0.1) is 18.7 Å². The monoisotopic (exact) mass is 501 g/mol. The third-order valence-electron chi connectivity index (χ3n) is 6.95. The molecule has 2 fully saturated rings. The highest BCUT2D eigenvalue weighted by Gasteiger charge is 2.34. The maximum atomic E-state index is 15.6. The van der Waals surface area contributed by atoms with Gasteiger partial charge < -0.3 is 19.7 Å². The van der Waals surface area contributed by atoms with E-state index in [1.807, 2.05) is 39.5 Å². The number of carbonyl (C=O) groups is 2. The number of rotatable bonds is 6. The summed E-state index contributed by atoms with van der Waals surface area (Å²) in [6.07, 6.45) is 3.44. The fourth-order valence-corrected chi connectivity index (χ4v) is 5.10. The molecule has 1 aliphatic heterocycles. The molecule has 1 saturated heterocycles. The number of ether oxygens (including phenoxy) is 2. The van der Waals surface area contributed by atoms with Gasteiger partial charge in [0.15, 0.2) is 5.82 Å². The van der Waals surface area contributed by atoms with Crippen molar-refractivity contribution in [2.75, 3.05) is 24.6 Å². The van der Waals surface area contributed by atoms with Crippen molar-refractivity contribution in [1.29, 1.82) is 0 Å². The molecule has 3 heterocycles. The van der Waals surface area contributed by atoms with Gasteiger partial charge in [0.2, 0.25) is 0 Å². The summed E-state index contributed by atoms with van der Waals surface area (Å²) in [5.74, 6) is -0.855. The number of halogens is 1. The highest BCUT2D eigenvalue weighted by Crippen LogP contribution is 2.44. The van der Waals surface area contributed by atoms with Crippen molar-refractivity contribution in [1.82, 2.24) is 9.72 Å². The van der Waals surface area contributed by atoms with Gasteiger partial charge in [0.1, 0.15) is 11.2 Å². The van der Waals surface area contributed by atoms with Crippen molar-refractivity contribution in [2.45, 2.75) is 78.4 Å². The van der Waals surface area contributed by atoms with E-state index in [1.54, 1.807) is 13.0 Å². The molecule has 1 amide bonds. The van der Waals surface area contributed by atoms with Gasteiger partial charge in [-0.2, -0.15) is 0 Å². The van der Waals surface area contributed by atoms with E-state index in [1.165, 1.54) is 10.6 Å². The third-order valence-corrected chi connectivity index (χ3v) is 6.95. The molecular weight excluding hydrogens is 465 g/mol. The molecule has 0 radical (unpaired) electrons. The summed E-state index contributed by atoms with van der Waals surface area (Å²) in [4.78, 5) is 39.8. The van der Waals surface area contributed by atoms with Crippen LogP contribution in [0.2, 0.25) is 0 Å². The predicted molar refractivity (Wildman–Crippen MR) is 135 cm³/mol. The Morgan fingerprint density at radius 3 is 2.56 bits per heavy atom. The Labute approximate surface area is 210 Å². The second-order valence-electron chi connectivity index (χ2n) is 10.9. The fourth-order valence-electron chi connectivity index (χ4n) is 5.10. The SMILES string of the molecule is CCOC(=O)c1cc(C2CC2)c2c(C)c(N3CC[C@@H]([C@@H](C)NC(=O)OC(C)(C)C)C3)c(F)cn2c1=O. The van der Waals surface area contributed by atoms with Crippen LogP contribution in [0.15, 0.2) is 17.1 Å². The van der Waals surface area contributed by atoms with Gasteiger partial charge in [0.25, 0.3) is 5.56 Å². The summed E-state index contributed by atoms with van der Waals surface area (Å²) >= 11 is 0. The topological polar surface area (TPSA) is 89.3 Å². The van der Waals surface area contributed by atoms with E-state index >= 15 is 4.39 Å². The molecule has 2 atom stereocenters. The zero-order chi connectivity index (χ0) is 26.4.